The molecule has 4 nitrogen and oxygen atoms in total. The summed E-state index contributed by atoms with van der Waals surface area (Å²) in [5.74, 6) is 4.69. The van der Waals surface area contributed by atoms with Gasteiger partial charge in [-0.05, 0) is 17.7 Å². The summed E-state index contributed by atoms with van der Waals surface area (Å²) in [7, 11) is 1.38. The van der Waals surface area contributed by atoms with Crippen LogP contribution in [0.4, 0.5) is 4.39 Å². The number of nitrogens with one attached hydrogen (secondary N) is 1. The average molecular weight is 200 g/mol. The van der Waals surface area contributed by atoms with E-state index in [1.54, 1.807) is 6.07 Å². The Morgan fingerprint density at radius 3 is 2.86 bits per heavy atom. The summed E-state index contributed by atoms with van der Waals surface area (Å²) in [5, 5.41) is 9.46. The van der Waals surface area contributed by atoms with Crippen molar-refractivity contribution in [1.29, 1.82) is 0 Å². The molecule has 5 heteroatoms. The first kappa shape index (κ1) is 10.9. The quantitative estimate of drug-likeness (QED) is 0.484. The van der Waals surface area contributed by atoms with Crippen LogP contribution in [0.25, 0.3) is 0 Å². The third-order valence-electron chi connectivity index (χ3n) is 1.87. The van der Waals surface area contributed by atoms with Crippen LogP contribution in [-0.2, 0) is 0 Å². The van der Waals surface area contributed by atoms with E-state index in [0.29, 0.717) is 5.56 Å². The molecule has 0 heterocycles. The number of benzene rings is 1. The molecule has 1 aromatic rings. The largest absolute Gasteiger partial charge is 0.494 e. The second-order valence-electron chi connectivity index (χ2n) is 2.82. The molecule has 0 saturated heterocycles. The Labute approximate surface area is 81.5 Å². The number of ether oxygens (including phenoxy) is 1. The number of hydrazine groups is 1. The van der Waals surface area contributed by atoms with Gasteiger partial charge in [0.1, 0.15) is 0 Å². The van der Waals surface area contributed by atoms with E-state index >= 15 is 0 Å². The number of methoxy groups -OCH3 is 1. The van der Waals surface area contributed by atoms with E-state index in [2.05, 4.69) is 5.43 Å². The third kappa shape index (κ3) is 2.41. The van der Waals surface area contributed by atoms with Gasteiger partial charge in [0.05, 0.1) is 13.2 Å². The minimum atomic E-state index is -0.819. The zero-order valence-corrected chi connectivity index (χ0v) is 7.83. The van der Waals surface area contributed by atoms with Crippen LogP contribution in [0.5, 0.6) is 5.75 Å². The second kappa shape index (κ2) is 4.90. The maximum atomic E-state index is 13.2. The first-order valence-corrected chi connectivity index (χ1v) is 4.14. The molecule has 0 aliphatic carbocycles. The van der Waals surface area contributed by atoms with Crippen LogP contribution in [0.3, 0.4) is 0 Å². The molecule has 0 aliphatic rings. The molecular weight excluding hydrogens is 187 g/mol. The summed E-state index contributed by atoms with van der Waals surface area (Å²) >= 11 is 0. The molecule has 0 bridgehead atoms. The van der Waals surface area contributed by atoms with Crippen LogP contribution in [0.15, 0.2) is 18.2 Å². The lowest BCUT2D eigenvalue weighted by Crippen LogP contribution is -2.27. The molecule has 1 rings (SSSR count). The Balaban J connectivity index is 2.85. The molecule has 1 aromatic carbocycles. The monoisotopic (exact) mass is 200 g/mol. The van der Waals surface area contributed by atoms with Crippen molar-refractivity contribution in [3.8, 4) is 5.75 Å². The molecule has 0 saturated carbocycles. The number of aliphatic hydroxyl groups is 1. The number of hydrogen-bond donors (Lipinski definition) is 3. The smallest absolute Gasteiger partial charge is 0.165 e. The molecule has 14 heavy (non-hydrogen) atoms. The number of nitrogens with two attached hydrogens (primary N) is 1. The Morgan fingerprint density at radius 1 is 1.64 bits per heavy atom. The van der Waals surface area contributed by atoms with Crippen molar-refractivity contribution in [2.24, 2.45) is 5.84 Å². The fraction of sp³-hybridized carbons (Fsp3) is 0.333. The maximum absolute atomic E-state index is 13.2. The van der Waals surface area contributed by atoms with E-state index in [0.717, 1.165) is 0 Å². The molecule has 1 unspecified atom stereocenters. The average Bonchev–Trinajstić information content (AvgIpc) is 2.18. The molecule has 0 fully saturated rings. The van der Waals surface area contributed by atoms with Crippen LogP contribution in [-0.4, -0.2) is 18.8 Å². The SMILES string of the molecule is COc1ccc(C(O)CNN)cc1F. The van der Waals surface area contributed by atoms with Gasteiger partial charge < -0.3 is 9.84 Å². The van der Waals surface area contributed by atoms with Crippen LogP contribution >= 0.6 is 0 Å². The topological polar surface area (TPSA) is 67.5 Å². The minimum absolute atomic E-state index is 0.154. The summed E-state index contributed by atoms with van der Waals surface area (Å²) in [6, 6.07) is 4.27. The zero-order chi connectivity index (χ0) is 10.6. The van der Waals surface area contributed by atoms with Crippen molar-refractivity contribution in [2.75, 3.05) is 13.7 Å². The molecule has 0 spiro atoms. The predicted molar refractivity (Wildman–Crippen MR) is 50.1 cm³/mol. The second-order valence-corrected chi connectivity index (χ2v) is 2.82. The van der Waals surface area contributed by atoms with E-state index < -0.39 is 11.9 Å². The van der Waals surface area contributed by atoms with E-state index in [1.807, 2.05) is 0 Å². The van der Waals surface area contributed by atoms with E-state index in [4.69, 9.17) is 10.6 Å². The van der Waals surface area contributed by atoms with Gasteiger partial charge in [0.25, 0.3) is 0 Å². The number of aliphatic hydroxyl groups excluding tert-OH is 1. The van der Waals surface area contributed by atoms with Crippen LogP contribution in [0.1, 0.15) is 11.7 Å². The van der Waals surface area contributed by atoms with Crippen LogP contribution in [0.2, 0.25) is 0 Å². The minimum Gasteiger partial charge on any atom is -0.494 e. The highest BCUT2D eigenvalue weighted by molar-refractivity contribution is 5.30. The zero-order valence-electron chi connectivity index (χ0n) is 7.83. The fourth-order valence-electron chi connectivity index (χ4n) is 1.12. The van der Waals surface area contributed by atoms with Gasteiger partial charge >= 0.3 is 0 Å². The molecule has 78 valence electrons. The Morgan fingerprint density at radius 2 is 2.36 bits per heavy atom. The van der Waals surface area contributed by atoms with Crippen molar-refractivity contribution in [3.63, 3.8) is 0 Å². The van der Waals surface area contributed by atoms with Gasteiger partial charge in [0.15, 0.2) is 11.6 Å². The normalized spacial score (nSPS) is 12.6. The van der Waals surface area contributed by atoms with Crippen molar-refractivity contribution in [3.05, 3.63) is 29.6 Å². The molecule has 0 amide bonds. The first-order valence-electron chi connectivity index (χ1n) is 4.14. The molecule has 4 N–H and O–H groups in total. The van der Waals surface area contributed by atoms with Gasteiger partial charge in [-0.3, -0.25) is 11.3 Å². The van der Waals surface area contributed by atoms with E-state index in [1.165, 1.54) is 19.2 Å². The molecule has 0 radical (unpaired) electrons. The maximum Gasteiger partial charge on any atom is 0.165 e. The van der Waals surface area contributed by atoms with Gasteiger partial charge in [-0.2, -0.15) is 0 Å². The summed E-state index contributed by atoms with van der Waals surface area (Å²) < 4.78 is 17.9. The lowest BCUT2D eigenvalue weighted by molar-refractivity contribution is 0.174. The van der Waals surface area contributed by atoms with Crippen molar-refractivity contribution in [2.45, 2.75) is 6.10 Å². The lowest BCUT2D eigenvalue weighted by atomic mass is 10.1. The van der Waals surface area contributed by atoms with E-state index in [9.17, 15) is 9.50 Å². The molecule has 0 aliphatic heterocycles. The van der Waals surface area contributed by atoms with Crippen LogP contribution < -0.4 is 16.0 Å². The molecule has 0 aromatic heterocycles. The Hall–Kier alpha value is -1.17. The van der Waals surface area contributed by atoms with Gasteiger partial charge in [-0.1, -0.05) is 6.07 Å². The summed E-state index contributed by atoms with van der Waals surface area (Å²) in [5.41, 5.74) is 2.77. The first-order chi connectivity index (χ1) is 6.69. The Bertz CT molecular complexity index is 307. The Kier molecular flexibility index (Phi) is 3.82. The van der Waals surface area contributed by atoms with E-state index in [-0.39, 0.29) is 12.3 Å². The highest BCUT2D eigenvalue weighted by atomic mass is 19.1. The summed E-state index contributed by atoms with van der Waals surface area (Å²) in [6.45, 7) is 0.172. The van der Waals surface area contributed by atoms with Crippen molar-refractivity contribution in [1.82, 2.24) is 5.43 Å². The predicted octanol–water partition coefficient (Wildman–Crippen LogP) is 0.331. The number of hydrogen-bond acceptors (Lipinski definition) is 4. The van der Waals surface area contributed by atoms with Crippen molar-refractivity contribution < 1.29 is 14.2 Å². The fourth-order valence-corrected chi connectivity index (χ4v) is 1.12. The van der Waals surface area contributed by atoms with Crippen molar-refractivity contribution >= 4 is 0 Å². The van der Waals surface area contributed by atoms with Crippen LogP contribution in [0, 0.1) is 5.82 Å². The molecule has 1 atom stereocenters. The van der Waals surface area contributed by atoms with Gasteiger partial charge in [-0.15, -0.1) is 0 Å². The summed E-state index contributed by atoms with van der Waals surface area (Å²) in [4.78, 5) is 0. The van der Waals surface area contributed by atoms with Gasteiger partial charge in [0, 0.05) is 6.54 Å². The van der Waals surface area contributed by atoms with Gasteiger partial charge in [-0.25, -0.2) is 4.39 Å². The van der Waals surface area contributed by atoms with Gasteiger partial charge in [0.2, 0.25) is 0 Å². The number of rotatable bonds is 4. The molecular formula is C9H13FN2O2. The lowest BCUT2D eigenvalue weighted by Gasteiger charge is -2.11. The summed E-state index contributed by atoms with van der Waals surface area (Å²) in [6.07, 6.45) is -0.819. The highest BCUT2D eigenvalue weighted by Gasteiger charge is 2.09. The third-order valence-corrected chi connectivity index (χ3v) is 1.87. The number of halogens is 1. The standard InChI is InChI=1S/C9H13FN2O2/c1-14-9-3-2-6(4-7(9)10)8(13)5-12-11/h2-4,8,12-13H,5,11H2,1H3. The highest BCUT2D eigenvalue weighted by Crippen LogP contribution is 2.21.